The Labute approximate surface area is 171 Å². The van der Waals surface area contributed by atoms with Crippen molar-refractivity contribution >= 4 is 11.8 Å². The molecule has 2 aliphatic heterocycles. The maximum atomic E-state index is 12.6. The van der Waals surface area contributed by atoms with Crippen LogP contribution in [0.5, 0.6) is 0 Å². The van der Waals surface area contributed by atoms with Gasteiger partial charge in [0.25, 0.3) is 0 Å². The first-order valence-corrected chi connectivity index (χ1v) is 10.7. The molecule has 0 bridgehead atoms. The van der Waals surface area contributed by atoms with Gasteiger partial charge in [0.05, 0.1) is 6.20 Å². The Balaban J connectivity index is 1.24. The fourth-order valence-corrected chi connectivity index (χ4v) is 4.22. The van der Waals surface area contributed by atoms with E-state index in [1.165, 1.54) is 5.56 Å². The van der Waals surface area contributed by atoms with E-state index in [4.69, 9.17) is 4.42 Å². The van der Waals surface area contributed by atoms with Gasteiger partial charge in [0, 0.05) is 50.5 Å². The normalized spacial score (nSPS) is 17.7. The molecule has 0 unspecified atom stereocenters. The SMILES string of the molecule is Cc1ccc(-c2cnc(CCC(=O)N3CCC(C(=O)N4CCCC4)CC3)o2)cc1. The monoisotopic (exact) mass is 395 g/mol. The molecule has 2 saturated heterocycles. The number of piperidine rings is 1. The molecule has 2 aliphatic rings. The Hall–Kier alpha value is -2.63. The minimum absolute atomic E-state index is 0.0842. The van der Waals surface area contributed by atoms with Crippen LogP contribution < -0.4 is 0 Å². The van der Waals surface area contributed by atoms with E-state index in [1.54, 1.807) is 6.20 Å². The highest BCUT2D eigenvalue weighted by atomic mass is 16.4. The average Bonchev–Trinajstić information content (AvgIpc) is 3.44. The number of benzene rings is 1. The molecule has 154 valence electrons. The van der Waals surface area contributed by atoms with Gasteiger partial charge < -0.3 is 14.2 Å². The van der Waals surface area contributed by atoms with Gasteiger partial charge in [-0.1, -0.05) is 29.8 Å². The van der Waals surface area contributed by atoms with E-state index in [0.29, 0.717) is 31.8 Å². The number of oxazole rings is 1. The van der Waals surface area contributed by atoms with Crippen LogP contribution in [0.15, 0.2) is 34.9 Å². The highest BCUT2D eigenvalue weighted by Gasteiger charge is 2.31. The zero-order valence-electron chi connectivity index (χ0n) is 17.1. The second-order valence-electron chi connectivity index (χ2n) is 8.17. The largest absolute Gasteiger partial charge is 0.441 e. The predicted molar refractivity (Wildman–Crippen MR) is 110 cm³/mol. The zero-order valence-corrected chi connectivity index (χ0v) is 17.1. The van der Waals surface area contributed by atoms with Crippen LogP contribution in [-0.2, 0) is 16.0 Å². The van der Waals surface area contributed by atoms with Crippen molar-refractivity contribution in [1.29, 1.82) is 0 Å². The molecule has 1 aromatic carbocycles. The molecule has 4 rings (SSSR count). The second kappa shape index (κ2) is 8.80. The van der Waals surface area contributed by atoms with Gasteiger partial charge in [-0.05, 0) is 32.6 Å². The Morgan fingerprint density at radius 1 is 1.03 bits per heavy atom. The van der Waals surface area contributed by atoms with Crippen LogP contribution in [0.3, 0.4) is 0 Å². The van der Waals surface area contributed by atoms with Crippen LogP contribution in [0.1, 0.15) is 43.6 Å². The summed E-state index contributed by atoms with van der Waals surface area (Å²) in [6.45, 7) is 5.19. The number of hydrogen-bond acceptors (Lipinski definition) is 4. The summed E-state index contributed by atoms with van der Waals surface area (Å²) >= 11 is 0. The Bertz CT molecular complexity index is 845. The molecule has 3 heterocycles. The van der Waals surface area contributed by atoms with Crippen LogP contribution in [-0.4, -0.2) is 52.8 Å². The summed E-state index contributed by atoms with van der Waals surface area (Å²) < 4.78 is 5.82. The molecule has 0 N–H and O–H groups in total. The predicted octanol–water partition coefficient (Wildman–Crippen LogP) is 3.44. The number of likely N-dealkylation sites (tertiary alicyclic amines) is 2. The average molecular weight is 396 g/mol. The summed E-state index contributed by atoms with van der Waals surface area (Å²) in [6, 6.07) is 8.11. The molecule has 0 spiro atoms. The van der Waals surface area contributed by atoms with E-state index in [2.05, 4.69) is 4.98 Å². The van der Waals surface area contributed by atoms with Crippen molar-refractivity contribution in [3.63, 3.8) is 0 Å². The van der Waals surface area contributed by atoms with E-state index >= 15 is 0 Å². The lowest BCUT2D eigenvalue weighted by atomic mass is 9.95. The van der Waals surface area contributed by atoms with Crippen LogP contribution in [0, 0.1) is 12.8 Å². The van der Waals surface area contributed by atoms with Gasteiger partial charge in [-0.2, -0.15) is 0 Å². The van der Waals surface area contributed by atoms with E-state index in [9.17, 15) is 9.59 Å². The summed E-state index contributed by atoms with van der Waals surface area (Å²) in [7, 11) is 0. The molecule has 0 aliphatic carbocycles. The molecule has 29 heavy (non-hydrogen) atoms. The summed E-state index contributed by atoms with van der Waals surface area (Å²) in [5.74, 6) is 1.81. The molecule has 0 atom stereocenters. The summed E-state index contributed by atoms with van der Waals surface area (Å²) in [4.78, 5) is 33.3. The first-order valence-electron chi connectivity index (χ1n) is 10.7. The molecule has 0 radical (unpaired) electrons. The maximum Gasteiger partial charge on any atom is 0.225 e. The van der Waals surface area contributed by atoms with E-state index in [-0.39, 0.29) is 17.7 Å². The van der Waals surface area contributed by atoms with Crippen LogP contribution >= 0.6 is 0 Å². The van der Waals surface area contributed by atoms with Crippen LogP contribution in [0.2, 0.25) is 0 Å². The molecule has 2 aromatic rings. The first kappa shape index (κ1) is 19.7. The number of amides is 2. The highest BCUT2D eigenvalue weighted by Crippen LogP contribution is 2.24. The standard InChI is InChI=1S/C23H29N3O3/c1-17-4-6-18(7-5-17)20-16-24-21(29-20)8-9-22(27)25-14-10-19(11-15-25)23(28)26-12-2-3-13-26/h4-7,16,19H,2-3,8-15H2,1H3. The lowest BCUT2D eigenvalue weighted by Gasteiger charge is -2.33. The van der Waals surface area contributed by atoms with Gasteiger partial charge >= 0.3 is 0 Å². The summed E-state index contributed by atoms with van der Waals surface area (Å²) in [5, 5.41) is 0. The molecule has 6 heteroatoms. The number of carbonyl (C=O) groups excluding carboxylic acids is 2. The third kappa shape index (κ3) is 4.69. The third-order valence-corrected chi connectivity index (χ3v) is 6.06. The number of aryl methyl sites for hydroxylation is 2. The number of hydrogen-bond donors (Lipinski definition) is 0. The minimum Gasteiger partial charge on any atom is -0.441 e. The first-order chi connectivity index (χ1) is 14.1. The summed E-state index contributed by atoms with van der Waals surface area (Å²) in [6.07, 6.45) is 6.40. The van der Waals surface area contributed by atoms with Crippen molar-refractivity contribution < 1.29 is 14.0 Å². The molecular weight excluding hydrogens is 366 g/mol. The number of nitrogens with zero attached hydrogens (tertiary/aromatic N) is 3. The van der Waals surface area contributed by atoms with Crippen molar-refractivity contribution in [1.82, 2.24) is 14.8 Å². The maximum absolute atomic E-state index is 12.6. The van der Waals surface area contributed by atoms with Crippen LogP contribution in [0.4, 0.5) is 0 Å². The molecule has 2 fully saturated rings. The van der Waals surface area contributed by atoms with Crippen LogP contribution in [0.25, 0.3) is 11.3 Å². The fraction of sp³-hybridized carbons (Fsp3) is 0.522. The smallest absolute Gasteiger partial charge is 0.225 e. The van der Waals surface area contributed by atoms with Crippen molar-refractivity contribution in [3.8, 4) is 11.3 Å². The molecule has 2 amide bonds. The Morgan fingerprint density at radius 3 is 2.41 bits per heavy atom. The van der Waals surface area contributed by atoms with Gasteiger partial charge in [-0.3, -0.25) is 9.59 Å². The molecule has 1 aromatic heterocycles. The number of aromatic nitrogens is 1. The van der Waals surface area contributed by atoms with Crippen molar-refractivity contribution in [2.75, 3.05) is 26.2 Å². The fourth-order valence-electron chi connectivity index (χ4n) is 4.22. The van der Waals surface area contributed by atoms with E-state index < -0.39 is 0 Å². The quantitative estimate of drug-likeness (QED) is 0.778. The second-order valence-corrected chi connectivity index (χ2v) is 8.17. The van der Waals surface area contributed by atoms with Gasteiger partial charge in [0.1, 0.15) is 0 Å². The zero-order chi connectivity index (χ0) is 20.2. The van der Waals surface area contributed by atoms with E-state index in [1.807, 2.05) is 41.0 Å². The molecular formula is C23H29N3O3. The third-order valence-electron chi connectivity index (χ3n) is 6.06. The van der Waals surface area contributed by atoms with Crippen molar-refractivity contribution in [2.45, 2.75) is 45.4 Å². The topological polar surface area (TPSA) is 66.7 Å². The molecule has 0 saturated carbocycles. The lowest BCUT2D eigenvalue weighted by molar-refractivity contribution is -0.140. The Morgan fingerprint density at radius 2 is 1.72 bits per heavy atom. The van der Waals surface area contributed by atoms with Gasteiger partial charge in [-0.15, -0.1) is 0 Å². The Kier molecular flexibility index (Phi) is 5.97. The number of carbonyl (C=O) groups is 2. The van der Waals surface area contributed by atoms with E-state index in [0.717, 1.165) is 50.1 Å². The molecule has 6 nitrogen and oxygen atoms in total. The van der Waals surface area contributed by atoms with Gasteiger partial charge in [0.15, 0.2) is 11.7 Å². The number of rotatable bonds is 5. The van der Waals surface area contributed by atoms with Crippen molar-refractivity contribution in [2.24, 2.45) is 5.92 Å². The lowest BCUT2D eigenvalue weighted by Crippen LogP contribution is -2.43. The summed E-state index contributed by atoms with van der Waals surface area (Å²) in [5.41, 5.74) is 2.19. The van der Waals surface area contributed by atoms with Gasteiger partial charge in [-0.25, -0.2) is 4.98 Å². The highest BCUT2D eigenvalue weighted by molar-refractivity contribution is 5.80. The minimum atomic E-state index is 0.0842. The van der Waals surface area contributed by atoms with Crippen molar-refractivity contribution in [3.05, 3.63) is 41.9 Å². The van der Waals surface area contributed by atoms with Gasteiger partial charge in [0.2, 0.25) is 11.8 Å².